The number of carbonyl (C=O) groups excluding carboxylic acids is 1. The number of amides is 1. The summed E-state index contributed by atoms with van der Waals surface area (Å²) in [6.45, 7) is 0.683. The standard InChI is InChI=1S/C25H25F3N4O3S/c1-34-20-10-7-17(8-11-20)9-12-23(33)29-15-22-30-31-24(36-16-21-6-3-13-35-21)32(22)19-5-2-4-18(14-19)25(26,27)28/h2,4-5,7-12,14,21H,3,6,13,15-16H2,1H3,(H,29,33)/b12-9+/t21-/m1/s1. The second-order valence-corrected chi connectivity index (χ2v) is 9.04. The van der Waals surface area contributed by atoms with E-state index >= 15 is 0 Å². The molecule has 190 valence electrons. The van der Waals surface area contributed by atoms with Crippen molar-refractivity contribution in [2.75, 3.05) is 19.5 Å². The van der Waals surface area contributed by atoms with Gasteiger partial charge < -0.3 is 14.8 Å². The third kappa shape index (κ3) is 6.67. The molecule has 2 aromatic carbocycles. The fourth-order valence-electron chi connectivity index (χ4n) is 3.64. The molecule has 0 bridgehead atoms. The second kappa shape index (κ2) is 11.6. The predicted octanol–water partition coefficient (Wildman–Crippen LogP) is 4.90. The first-order chi connectivity index (χ1) is 17.3. The SMILES string of the molecule is COc1ccc(/C=C/C(=O)NCc2nnc(SC[C@H]3CCCO3)n2-c2cccc(C(F)(F)F)c2)cc1. The van der Waals surface area contributed by atoms with Gasteiger partial charge in [0.1, 0.15) is 5.75 Å². The zero-order valence-corrected chi connectivity index (χ0v) is 20.3. The summed E-state index contributed by atoms with van der Waals surface area (Å²) in [7, 11) is 1.57. The summed E-state index contributed by atoms with van der Waals surface area (Å²) in [5, 5.41) is 11.5. The van der Waals surface area contributed by atoms with E-state index < -0.39 is 11.7 Å². The molecule has 7 nitrogen and oxygen atoms in total. The van der Waals surface area contributed by atoms with Gasteiger partial charge in [-0.3, -0.25) is 9.36 Å². The minimum absolute atomic E-state index is 0.0183. The summed E-state index contributed by atoms with van der Waals surface area (Å²) in [5.74, 6) is 1.25. The monoisotopic (exact) mass is 518 g/mol. The fourth-order valence-corrected chi connectivity index (χ4v) is 4.68. The van der Waals surface area contributed by atoms with Gasteiger partial charge in [0.05, 0.1) is 31.0 Å². The van der Waals surface area contributed by atoms with Crippen LogP contribution >= 0.6 is 11.8 Å². The molecule has 1 aromatic heterocycles. The van der Waals surface area contributed by atoms with E-state index in [-0.39, 0.29) is 24.2 Å². The van der Waals surface area contributed by atoms with Crippen molar-refractivity contribution in [1.82, 2.24) is 20.1 Å². The molecule has 1 aliphatic rings. The smallest absolute Gasteiger partial charge is 0.416 e. The summed E-state index contributed by atoms with van der Waals surface area (Å²) in [6, 6.07) is 12.1. The van der Waals surface area contributed by atoms with Crippen molar-refractivity contribution >= 4 is 23.7 Å². The van der Waals surface area contributed by atoms with Crippen molar-refractivity contribution in [3.05, 3.63) is 71.6 Å². The van der Waals surface area contributed by atoms with Crippen LogP contribution in [0, 0.1) is 0 Å². The van der Waals surface area contributed by atoms with Crippen LogP contribution in [0.1, 0.15) is 29.8 Å². The molecule has 11 heteroatoms. The maximum atomic E-state index is 13.4. The van der Waals surface area contributed by atoms with Crippen molar-refractivity contribution in [2.24, 2.45) is 0 Å². The van der Waals surface area contributed by atoms with Crippen LogP contribution in [0.2, 0.25) is 0 Å². The Morgan fingerprint density at radius 2 is 2.06 bits per heavy atom. The van der Waals surface area contributed by atoms with Gasteiger partial charge in [0, 0.05) is 18.4 Å². The molecular weight excluding hydrogens is 493 g/mol. The molecule has 2 heterocycles. The Kier molecular flexibility index (Phi) is 8.32. The largest absolute Gasteiger partial charge is 0.497 e. The summed E-state index contributed by atoms with van der Waals surface area (Å²) < 4.78 is 52.4. The van der Waals surface area contributed by atoms with Crippen LogP contribution in [0.25, 0.3) is 11.8 Å². The lowest BCUT2D eigenvalue weighted by Gasteiger charge is -2.14. The molecule has 1 fully saturated rings. The maximum Gasteiger partial charge on any atom is 0.416 e. The molecule has 3 aromatic rings. The zero-order chi connectivity index (χ0) is 25.5. The van der Waals surface area contributed by atoms with Crippen molar-refractivity contribution in [2.45, 2.75) is 36.8 Å². The normalized spacial score (nSPS) is 15.9. The van der Waals surface area contributed by atoms with E-state index in [1.165, 1.54) is 23.9 Å². The van der Waals surface area contributed by atoms with Gasteiger partial charge in [0.2, 0.25) is 5.91 Å². The number of rotatable bonds is 9. The lowest BCUT2D eigenvalue weighted by molar-refractivity contribution is -0.137. The molecule has 1 amide bonds. The Morgan fingerprint density at radius 1 is 1.25 bits per heavy atom. The lowest BCUT2D eigenvalue weighted by atomic mass is 10.2. The number of ether oxygens (including phenoxy) is 2. The van der Waals surface area contributed by atoms with Gasteiger partial charge in [-0.05, 0) is 54.8 Å². The number of halogens is 3. The average Bonchev–Trinajstić information content (AvgIpc) is 3.54. The van der Waals surface area contributed by atoms with Crippen LogP contribution in [0.15, 0.2) is 59.8 Å². The highest BCUT2D eigenvalue weighted by Gasteiger charge is 2.31. The van der Waals surface area contributed by atoms with Gasteiger partial charge in [-0.15, -0.1) is 10.2 Å². The number of hydrogen-bond donors (Lipinski definition) is 1. The van der Waals surface area contributed by atoms with Crippen LogP contribution in [0.3, 0.4) is 0 Å². The van der Waals surface area contributed by atoms with E-state index in [4.69, 9.17) is 9.47 Å². The Labute approximate surface area is 210 Å². The first kappa shape index (κ1) is 25.8. The van der Waals surface area contributed by atoms with E-state index in [0.717, 1.165) is 30.5 Å². The van der Waals surface area contributed by atoms with E-state index in [0.29, 0.717) is 29.1 Å². The Balaban J connectivity index is 1.51. The van der Waals surface area contributed by atoms with Crippen LogP contribution in [0.5, 0.6) is 5.75 Å². The Hall–Kier alpha value is -3.31. The van der Waals surface area contributed by atoms with Crippen molar-refractivity contribution in [1.29, 1.82) is 0 Å². The number of benzene rings is 2. The molecule has 1 saturated heterocycles. The minimum atomic E-state index is -4.49. The number of alkyl halides is 3. The van der Waals surface area contributed by atoms with Gasteiger partial charge in [-0.1, -0.05) is 30.0 Å². The molecule has 4 rings (SSSR count). The molecule has 0 radical (unpaired) electrons. The summed E-state index contributed by atoms with van der Waals surface area (Å²) >= 11 is 1.36. The third-order valence-electron chi connectivity index (χ3n) is 5.52. The maximum absolute atomic E-state index is 13.4. The van der Waals surface area contributed by atoms with E-state index in [2.05, 4.69) is 15.5 Å². The van der Waals surface area contributed by atoms with Crippen LogP contribution in [0.4, 0.5) is 13.2 Å². The molecular formula is C25H25F3N4O3S. The van der Waals surface area contributed by atoms with Gasteiger partial charge in [-0.25, -0.2) is 0 Å². The highest BCUT2D eigenvalue weighted by atomic mass is 32.2. The molecule has 0 saturated carbocycles. The molecule has 0 spiro atoms. The van der Waals surface area contributed by atoms with Crippen LogP contribution < -0.4 is 10.1 Å². The van der Waals surface area contributed by atoms with E-state index in [1.807, 2.05) is 12.1 Å². The van der Waals surface area contributed by atoms with Gasteiger partial charge in [-0.2, -0.15) is 13.2 Å². The molecule has 36 heavy (non-hydrogen) atoms. The number of carbonyl (C=O) groups is 1. The number of nitrogens with one attached hydrogen (secondary N) is 1. The lowest BCUT2D eigenvalue weighted by Crippen LogP contribution is -2.22. The Morgan fingerprint density at radius 3 is 2.75 bits per heavy atom. The number of thioether (sulfide) groups is 1. The Bertz CT molecular complexity index is 1210. The van der Waals surface area contributed by atoms with Gasteiger partial charge in [0.15, 0.2) is 11.0 Å². The number of hydrogen-bond acceptors (Lipinski definition) is 6. The first-order valence-corrected chi connectivity index (χ1v) is 12.3. The van der Waals surface area contributed by atoms with Crippen molar-refractivity contribution in [3.63, 3.8) is 0 Å². The number of aromatic nitrogens is 3. The predicted molar refractivity (Wildman–Crippen MR) is 130 cm³/mol. The van der Waals surface area contributed by atoms with Crippen LogP contribution in [-0.4, -0.2) is 46.2 Å². The van der Waals surface area contributed by atoms with Gasteiger partial charge >= 0.3 is 6.18 Å². The quantitative estimate of drug-likeness (QED) is 0.321. The minimum Gasteiger partial charge on any atom is -0.497 e. The van der Waals surface area contributed by atoms with E-state index in [9.17, 15) is 18.0 Å². The number of nitrogens with zero attached hydrogens (tertiary/aromatic N) is 3. The number of methoxy groups -OCH3 is 1. The molecule has 0 aliphatic carbocycles. The topological polar surface area (TPSA) is 78.3 Å². The summed E-state index contributed by atoms with van der Waals surface area (Å²) in [4.78, 5) is 12.4. The average molecular weight is 519 g/mol. The highest BCUT2D eigenvalue weighted by molar-refractivity contribution is 7.99. The fraction of sp³-hybridized carbons (Fsp3) is 0.320. The summed E-state index contributed by atoms with van der Waals surface area (Å²) in [6.07, 6.45) is 0.499. The van der Waals surface area contributed by atoms with Crippen LogP contribution in [-0.2, 0) is 22.3 Å². The molecule has 0 unspecified atom stereocenters. The van der Waals surface area contributed by atoms with Gasteiger partial charge in [0.25, 0.3) is 0 Å². The molecule has 1 N–H and O–H groups in total. The molecule has 1 atom stereocenters. The summed E-state index contributed by atoms with van der Waals surface area (Å²) in [5.41, 5.74) is 0.301. The molecule has 1 aliphatic heterocycles. The first-order valence-electron chi connectivity index (χ1n) is 11.3. The van der Waals surface area contributed by atoms with Crippen molar-refractivity contribution < 1.29 is 27.4 Å². The van der Waals surface area contributed by atoms with Crippen molar-refractivity contribution in [3.8, 4) is 11.4 Å². The van der Waals surface area contributed by atoms with E-state index in [1.54, 1.807) is 36.0 Å². The highest BCUT2D eigenvalue weighted by Crippen LogP contribution is 2.32. The second-order valence-electron chi connectivity index (χ2n) is 8.05. The zero-order valence-electron chi connectivity index (χ0n) is 19.5. The third-order valence-corrected chi connectivity index (χ3v) is 6.58.